The minimum Gasteiger partial charge on any atom is -0.347 e. The van der Waals surface area contributed by atoms with Gasteiger partial charge < -0.3 is 9.47 Å². The topological polar surface area (TPSA) is 18.5 Å². The lowest BCUT2D eigenvalue weighted by Gasteiger charge is -2.24. The Morgan fingerprint density at radius 1 is 1.33 bits per heavy atom. The van der Waals surface area contributed by atoms with E-state index in [-0.39, 0.29) is 6.10 Å². The summed E-state index contributed by atoms with van der Waals surface area (Å²) in [5.41, 5.74) is 0. The zero-order valence-corrected chi connectivity index (χ0v) is 7.29. The molecule has 0 bridgehead atoms. The van der Waals surface area contributed by atoms with E-state index in [0.717, 1.165) is 0 Å². The zero-order valence-electron chi connectivity index (χ0n) is 7.29. The molecule has 0 aliphatic carbocycles. The highest BCUT2D eigenvalue weighted by Gasteiger charge is 2.37. The van der Waals surface area contributed by atoms with E-state index < -0.39 is 5.79 Å². The first-order valence-corrected chi connectivity index (χ1v) is 4.09. The Bertz CT molecular complexity index is 165. The average molecular weight is 167 g/mol. The molecule has 0 spiro atoms. The normalized spacial score (nSPS) is 26.9. The van der Waals surface area contributed by atoms with Crippen LogP contribution in [0.5, 0.6) is 0 Å². The molecule has 1 fully saturated rings. The summed E-state index contributed by atoms with van der Waals surface area (Å²) in [6, 6.07) is 0. The van der Waals surface area contributed by atoms with Crippen molar-refractivity contribution < 1.29 is 9.47 Å². The smallest absolute Gasteiger partial charge is 0.175 e. The minimum absolute atomic E-state index is 0.0649. The van der Waals surface area contributed by atoms with Crippen molar-refractivity contribution in [3.05, 3.63) is 32.2 Å². The van der Waals surface area contributed by atoms with Crippen molar-refractivity contribution in [2.45, 2.75) is 24.7 Å². The number of hydrogen-bond acceptors (Lipinski definition) is 2. The molecule has 0 aromatic heterocycles. The first kappa shape index (κ1) is 9.49. The predicted octanol–water partition coefficient (Wildman–Crippen LogP) is 2.08. The number of ether oxygens (including phenoxy) is 2. The molecule has 0 N–H and O–H groups in total. The molecule has 1 radical (unpaired) electrons. The first-order chi connectivity index (χ1) is 5.72. The lowest BCUT2D eigenvalue weighted by atomic mass is 10.1. The molecule has 1 heterocycles. The van der Waals surface area contributed by atoms with Crippen molar-refractivity contribution in [2.75, 3.05) is 6.61 Å². The van der Waals surface area contributed by atoms with Crippen LogP contribution in [0.25, 0.3) is 0 Å². The Hall–Kier alpha value is -0.600. The van der Waals surface area contributed by atoms with Crippen LogP contribution in [-0.4, -0.2) is 18.5 Å². The van der Waals surface area contributed by atoms with E-state index in [0.29, 0.717) is 19.4 Å². The Morgan fingerprint density at radius 3 is 2.25 bits per heavy atom. The maximum absolute atomic E-state index is 5.55. The standard InChI is InChI=1S/C10H15O2/c1-4-6-10(7-5-2)11-8-9(3)12-10/h4-5,9H,1-3,6-8H2. The lowest BCUT2D eigenvalue weighted by Crippen LogP contribution is -2.29. The third kappa shape index (κ3) is 1.96. The molecule has 67 valence electrons. The van der Waals surface area contributed by atoms with E-state index in [1.165, 1.54) is 0 Å². The molecule has 12 heavy (non-hydrogen) atoms. The maximum atomic E-state index is 5.55. The van der Waals surface area contributed by atoms with Gasteiger partial charge in [0.25, 0.3) is 0 Å². The van der Waals surface area contributed by atoms with Crippen molar-refractivity contribution in [1.82, 2.24) is 0 Å². The monoisotopic (exact) mass is 167 g/mol. The van der Waals surface area contributed by atoms with Gasteiger partial charge in [0.15, 0.2) is 5.79 Å². The van der Waals surface area contributed by atoms with Gasteiger partial charge in [-0.25, -0.2) is 0 Å². The molecule has 1 unspecified atom stereocenters. The van der Waals surface area contributed by atoms with Crippen LogP contribution in [0.2, 0.25) is 0 Å². The van der Waals surface area contributed by atoms with Crippen LogP contribution >= 0.6 is 0 Å². The van der Waals surface area contributed by atoms with Crippen molar-refractivity contribution in [3.63, 3.8) is 0 Å². The van der Waals surface area contributed by atoms with E-state index in [4.69, 9.17) is 9.47 Å². The largest absolute Gasteiger partial charge is 0.347 e. The number of hydrogen-bond donors (Lipinski definition) is 0. The van der Waals surface area contributed by atoms with Crippen molar-refractivity contribution >= 4 is 0 Å². The van der Waals surface area contributed by atoms with Crippen LogP contribution in [0, 0.1) is 6.92 Å². The van der Waals surface area contributed by atoms with Gasteiger partial charge in [-0.15, -0.1) is 13.2 Å². The fourth-order valence-corrected chi connectivity index (χ4v) is 1.35. The number of rotatable bonds is 4. The minimum atomic E-state index is -0.532. The molecule has 1 aliphatic heterocycles. The Labute approximate surface area is 73.9 Å². The highest BCUT2D eigenvalue weighted by Crippen LogP contribution is 2.30. The fraction of sp³-hybridized carbons (Fsp3) is 0.500. The molecule has 2 heteroatoms. The molecule has 1 atom stereocenters. The van der Waals surface area contributed by atoms with Gasteiger partial charge in [-0.1, -0.05) is 12.2 Å². The molecule has 0 aromatic carbocycles. The van der Waals surface area contributed by atoms with Crippen molar-refractivity contribution in [1.29, 1.82) is 0 Å². The maximum Gasteiger partial charge on any atom is 0.175 e. The summed E-state index contributed by atoms with van der Waals surface area (Å²) >= 11 is 0. The van der Waals surface area contributed by atoms with Gasteiger partial charge in [0.2, 0.25) is 0 Å². The quantitative estimate of drug-likeness (QED) is 0.597. The molecule has 1 saturated heterocycles. The summed E-state index contributed by atoms with van der Waals surface area (Å²) in [6.07, 6.45) is 4.89. The van der Waals surface area contributed by atoms with Crippen LogP contribution in [-0.2, 0) is 9.47 Å². The first-order valence-electron chi connectivity index (χ1n) is 4.09. The van der Waals surface area contributed by atoms with Crippen LogP contribution in [0.3, 0.4) is 0 Å². The fourth-order valence-electron chi connectivity index (χ4n) is 1.35. The average Bonchev–Trinajstić information content (AvgIpc) is 2.34. The van der Waals surface area contributed by atoms with Crippen molar-refractivity contribution in [2.24, 2.45) is 0 Å². The molecular weight excluding hydrogens is 152 g/mol. The molecule has 2 nitrogen and oxygen atoms in total. The summed E-state index contributed by atoms with van der Waals surface area (Å²) in [7, 11) is 0. The van der Waals surface area contributed by atoms with Gasteiger partial charge in [-0.3, -0.25) is 0 Å². The summed E-state index contributed by atoms with van der Waals surface area (Å²) in [5, 5.41) is 0. The second-order valence-corrected chi connectivity index (χ2v) is 2.95. The second-order valence-electron chi connectivity index (χ2n) is 2.95. The van der Waals surface area contributed by atoms with Gasteiger partial charge in [0, 0.05) is 12.8 Å². The molecule has 1 aliphatic rings. The molecular formula is C10H15O2. The van der Waals surface area contributed by atoms with Crippen molar-refractivity contribution in [3.8, 4) is 0 Å². The lowest BCUT2D eigenvalue weighted by molar-refractivity contribution is -0.158. The van der Waals surface area contributed by atoms with Gasteiger partial charge in [0.1, 0.15) is 0 Å². The Morgan fingerprint density at radius 2 is 1.92 bits per heavy atom. The predicted molar refractivity (Wildman–Crippen MR) is 48.5 cm³/mol. The van der Waals surface area contributed by atoms with Crippen LogP contribution < -0.4 is 0 Å². The highest BCUT2D eigenvalue weighted by molar-refractivity contribution is 4.91. The third-order valence-electron chi connectivity index (χ3n) is 1.82. The molecule has 0 amide bonds. The van der Waals surface area contributed by atoms with Crippen LogP contribution in [0.4, 0.5) is 0 Å². The highest BCUT2D eigenvalue weighted by atomic mass is 16.7. The van der Waals surface area contributed by atoms with Crippen LogP contribution in [0.1, 0.15) is 12.8 Å². The Balaban J connectivity index is 2.59. The third-order valence-corrected chi connectivity index (χ3v) is 1.82. The molecule has 0 saturated carbocycles. The van der Waals surface area contributed by atoms with Gasteiger partial charge >= 0.3 is 0 Å². The van der Waals surface area contributed by atoms with E-state index in [2.05, 4.69) is 20.1 Å². The van der Waals surface area contributed by atoms with E-state index >= 15 is 0 Å². The van der Waals surface area contributed by atoms with Gasteiger partial charge in [-0.05, 0) is 6.92 Å². The van der Waals surface area contributed by atoms with E-state index in [1.807, 2.05) is 0 Å². The van der Waals surface area contributed by atoms with Crippen LogP contribution in [0.15, 0.2) is 25.3 Å². The van der Waals surface area contributed by atoms with E-state index in [9.17, 15) is 0 Å². The molecule has 0 aromatic rings. The van der Waals surface area contributed by atoms with Gasteiger partial charge in [0.05, 0.1) is 12.7 Å². The summed E-state index contributed by atoms with van der Waals surface area (Å²) in [6.45, 7) is 11.7. The zero-order chi connectivity index (χ0) is 9.03. The second kappa shape index (κ2) is 3.87. The summed E-state index contributed by atoms with van der Waals surface area (Å²) in [5.74, 6) is -0.532. The molecule has 1 rings (SSSR count). The Kier molecular flexibility index (Phi) is 3.06. The van der Waals surface area contributed by atoms with E-state index in [1.54, 1.807) is 12.2 Å². The summed E-state index contributed by atoms with van der Waals surface area (Å²) < 4.78 is 11.1. The summed E-state index contributed by atoms with van der Waals surface area (Å²) in [4.78, 5) is 0. The van der Waals surface area contributed by atoms with Gasteiger partial charge in [-0.2, -0.15) is 0 Å². The SMILES string of the molecule is [CH2]C1COC(CC=C)(CC=C)O1.